The van der Waals surface area contributed by atoms with Gasteiger partial charge in [-0.3, -0.25) is 0 Å². The Bertz CT molecular complexity index is 1050. The number of benzene rings is 1. The number of fused-ring (bicyclic) bond motifs is 1. The highest BCUT2D eigenvalue weighted by Crippen LogP contribution is 2.28. The van der Waals surface area contributed by atoms with Crippen LogP contribution in [0.15, 0.2) is 39.8 Å². The smallest absolute Gasteiger partial charge is 0.336 e. The normalized spacial score (nSPS) is 14.9. The van der Waals surface area contributed by atoms with Gasteiger partial charge in [-0.2, -0.15) is 0 Å². The van der Waals surface area contributed by atoms with Crippen molar-refractivity contribution in [2.75, 3.05) is 5.32 Å². The molecule has 0 atom stereocenters. The van der Waals surface area contributed by atoms with Gasteiger partial charge in [0.05, 0.1) is 6.54 Å². The molecule has 0 saturated heterocycles. The highest BCUT2D eigenvalue weighted by Gasteiger charge is 2.18. The van der Waals surface area contributed by atoms with E-state index in [1.807, 2.05) is 13.0 Å². The summed E-state index contributed by atoms with van der Waals surface area (Å²) in [6.07, 6.45) is 7.71. The molecule has 0 radical (unpaired) electrons. The van der Waals surface area contributed by atoms with Gasteiger partial charge in [-0.05, 0) is 37.5 Å². The number of anilines is 1. The van der Waals surface area contributed by atoms with E-state index in [0.29, 0.717) is 23.9 Å². The van der Waals surface area contributed by atoms with E-state index in [1.54, 1.807) is 18.5 Å². The van der Waals surface area contributed by atoms with Gasteiger partial charge in [-0.15, -0.1) is 10.2 Å². The molecule has 0 unspecified atom stereocenters. The first-order valence-corrected chi connectivity index (χ1v) is 9.58. The third-order valence-electron chi connectivity index (χ3n) is 5.23. The highest BCUT2D eigenvalue weighted by molar-refractivity contribution is 5.92. The predicted molar refractivity (Wildman–Crippen MR) is 105 cm³/mol. The average molecular weight is 381 g/mol. The maximum Gasteiger partial charge on any atom is 0.336 e. The lowest BCUT2D eigenvalue weighted by Crippen LogP contribution is -2.30. The Labute approximate surface area is 162 Å². The molecule has 2 amide bonds. The van der Waals surface area contributed by atoms with Crippen molar-refractivity contribution in [2.24, 2.45) is 0 Å². The molecule has 1 fully saturated rings. The maximum absolute atomic E-state index is 12.3. The van der Waals surface area contributed by atoms with E-state index in [2.05, 4.69) is 25.4 Å². The minimum atomic E-state index is -0.409. The van der Waals surface area contributed by atoms with Gasteiger partial charge in [0.25, 0.3) is 0 Å². The third kappa shape index (κ3) is 3.90. The molecule has 3 aromatic rings. The van der Waals surface area contributed by atoms with E-state index in [1.165, 1.54) is 25.3 Å². The number of hydrogen-bond donors (Lipinski definition) is 2. The van der Waals surface area contributed by atoms with Gasteiger partial charge in [0.1, 0.15) is 11.9 Å². The Morgan fingerprint density at radius 2 is 2.07 bits per heavy atom. The molecule has 1 aliphatic carbocycles. The Morgan fingerprint density at radius 1 is 1.25 bits per heavy atom. The fourth-order valence-corrected chi connectivity index (χ4v) is 3.79. The molecule has 1 saturated carbocycles. The summed E-state index contributed by atoms with van der Waals surface area (Å²) in [5, 5.41) is 14.6. The van der Waals surface area contributed by atoms with Crippen molar-refractivity contribution in [1.29, 1.82) is 0 Å². The minimum Gasteiger partial charge on any atom is -0.423 e. The van der Waals surface area contributed by atoms with Gasteiger partial charge in [-0.1, -0.05) is 19.3 Å². The summed E-state index contributed by atoms with van der Waals surface area (Å²) in [6, 6.07) is 6.75. The van der Waals surface area contributed by atoms with Crippen LogP contribution in [0.4, 0.5) is 10.5 Å². The number of nitrogens with one attached hydrogen (secondary N) is 2. The summed E-state index contributed by atoms with van der Waals surface area (Å²) < 4.78 is 7.29. The van der Waals surface area contributed by atoms with Crippen LogP contribution in [-0.4, -0.2) is 20.8 Å². The predicted octanol–water partition coefficient (Wildman–Crippen LogP) is 3.52. The van der Waals surface area contributed by atoms with E-state index in [9.17, 15) is 9.59 Å². The van der Waals surface area contributed by atoms with Gasteiger partial charge in [0, 0.05) is 29.2 Å². The second-order valence-electron chi connectivity index (χ2n) is 7.21. The van der Waals surface area contributed by atoms with Crippen LogP contribution in [0.5, 0.6) is 0 Å². The lowest BCUT2D eigenvalue weighted by Gasteiger charge is -2.24. The third-order valence-corrected chi connectivity index (χ3v) is 5.23. The molecule has 2 heterocycles. The van der Waals surface area contributed by atoms with E-state index in [-0.39, 0.29) is 6.03 Å². The second kappa shape index (κ2) is 7.84. The molecule has 0 bridgehead atoms. The molecular weight excluding hydrogens is 358 g/mol. The van der Waals surface area contributed by atoms with Crippen LogP contribution in [0.2, 0.25) is 0 Å². The van der Waals surface area contributed by atoms with Crippen molar-refractivity contribution in [3.8, 4) is 0 Å². The number of amides is 2. The van der Waals surface area contributed by atoms with Crippen LogP contribution in [0.1, 0.15) is 49.5 Å². The summed E-state index contributed by atoms with van der Waals surface area (Å²) in [6.45, 7) is 2.14. The minimum absolute atomic E-state index is 0.296. The average Bonchev–Trinajstić information content (AvgIpc) is 3.15. The Morgan fingerprint density at radius 3 is 2.89 bits per heavy atom. The molecule has 2 N–H and O–H groups in total. The quantitative estimate of drug-likeness (QED) is 0.673. The first-order chi connectivity index (χ1) is 13.6. The highest BCUT2D eigenvalue weighted by atomic mass is 16.4. The molecule has 146 valence electrons. The van der Waals surface area contributed by atoms with Crippen LogP contribution in [0, 0.1) is 6.92 Å². The van der Waals surface area contributed by atoms with Crippen molar-refractivity contribution >= 4 is 22.7 Å². The Kier molecular flexibility index (Phi) is 5.10. The number of nitrogens with zero attached hydrogens (tertiary/aromatic N) is 3. The monoisotopic (exact) mass is 381 g/mol. The van der Waals surface area contributed by atoms with Crippen molar-refractivity contribution in [3.05, 3.63) is 52.4 Å². The number of carbonyl (C=O) groups excluding carboxylic acids is 1. The first-order valence-electron chi connectivity index (χ1n) is 9.58. The van der Waals surface area contributed by atoms with Crippen molar-refractivity contribution < 1.29 is 9.21 Å². The van der Waals surface area contributed by atoms with Gasteiger partial charge >= 0.3 is 11.7 Å². The molecule has 2 aromatic heterocycles. The maximum atomic E-state index is 12.3. The summed E-state index contributed by atoms with van der Waals surface area (Å²) in [4.78, 5) is 23.8. The second-order valence-corrected chi connectivity index (χ2v) is 7.21. The summed E-state index contributed by atoms with van der Waals surface area (Å²) in [5.41, 5.74) is 1.42. The molecule has 8 heteroatoms. The van der Waals surface area contributed by atoms with Crippen LogP contribution in [0.25, 0.3) is 11.0 Å². The van der Waals surface area contributed by atoms with E-state index >= 15 is 0 Å². The summed E-state index contributed by atoms with van der Waals surface area (Å²) in [5.74, 6) is 0.752. The first kappa shape index (κ1) is 18.2. The van der Waals surface area contributed by atoms with Crippen LogP contribution >= 0.6 is 0 Å². The molecule has 8 nitrogen and oxygen atoms in total. The van der Waals surface area contributed by atoms with Gasteiger partial charge in [0.15, 0.2) is 5.82 Å². The van der Waals surface area contributed by atoms with Crippen LogP contribution < -0.4 is 16.3 Å². The number of hydrogen-bond acceptors (Lipinski definition) is 5. The SMILES string of the molecule is Cc1cc(=O)oc2cc(NC(=O)NCc3nncn3C3CCCCC3)ccc12. The largest absolute Gasteiger partial charge is 0.423 e. The fraction of sp³-hybridized carbons (Fsp3) is 0.400. The number of carbonyl (C=O) groups is 1. The molecule has 0 spiro atoms. The standard InChI is InChI=1S/C20H23N5O3/c1-13-9-19(26)28-17-10-14(7-8-16(13)17)23-20(27)21-11-18-24-22-12-25(18)15-5-3-2-4-6-15/h7-10,12,15H,2-6,11H2,1H3,(H2,21,23,27). The zero-order valence-electron chi connectivity index (χ0n) is 15.8. The lowest BCUT2D eigenvalue weighted by molar-refractivity contribution is 0.251. The lowest BCUT2D eigenvalue weighted by atomic mass is 9.95. The molecule has 1 aromatic carbocycles. The van der Waals surface area contributed by atoms with Gasteiger partial charge < -0.3 is 19.6 Å². The van der Waals surface area contributed by atoms with E-state index in [0.717, 1.165) is 29.6 Å². The molecule has 1 aliphatic rings. The Hall–Kier alpha value is -3.16. The zero-order valence-corrected chi connectivity index (χ0v) is 15.8. The van der Waals surface area contributed by atoms with Crippen molar-refractivity contribution in [2.45, 2.75) is 51.6 Å². The summed E-state index contributed by atoms with van der Waals surface area (Å²) >= 11 is 0. The van der Waals surface area contributed by atoms with Crippen molar-refractivity contribution in [1.82, 2.24) is 20.1 Å². The number of aromatic nitrogens is 3. The Balaban J connectivity index is 1.41. The van der Waals surface area contributed by atoms with Crippen LogP contribution in [-0.2, 0) is 6.54 Å². The molecular formula is C20H23N5O3. The van der Waals surface area contributed by atoms with Crippen molar-refractivity contribution in [3.63, 3.8) is 0 Å². The molecule has 0 aliphatic heterocycles. The van der Waals surface area contributed by atoms with Crippen LogP contribution in [0.3, 0.4) is 0 Å². The number of aryl methyl sites for hydroxylation is 1. The topological polar surface area (TPSA) is 102 Å². The summed E-state index contributed by atoms with van der Waals surface area (Å²) in [7, 11) is 0. The number of urea groups is 1. The molecule has 4 rings (SSSR count). The van der Waals surface area contributed by atoms with E-state index < -0.39 is 5.63 Å². The van der Waals surface area contributed by atoms with Gasteiger partial charge in [-0.25, -0.2) is 9.59 Å². The zero-order chi connectivity index (χ0) is 19.5. The fourth-order valence-electron chi connectivity index (χ4n) is 3.79. The number of rotatable bonds is 4. The van der Waals surface area contributed by atoms with E-state index in [4.69, 9.17) is 4.42 Å². The van der Waals surface area contributed by atoms with Gasteiger partial charge in [0.2, 0.25) is 0 Å². The molecule has 28 heavy (non-hydrogen) atoms.